The zero-order valence-corrected chi connectivity index (χ0v) is 16.7. The maximum absolute atomic E-state index is 13.5. The van der Waals surface area contributed by atoms with Gasteiger partial charge in [-0.05, 0) is 35.4 Å². The number of fused-ring (bicyclic) bond motifs is 2. The molecule has 5 rings (SSSR count). The van der Waals surface area contributed by atoms with Gasteiger partial charge in [-0.3, -0.25) is 4.79 Å². The molecule has 0 N–H and O–H groups in total. The van der Waals surface area contributed by atoms with Crippen LogP contribution in [0.5, 0.6) is 0 Å². The molecule has 1 atom stereocenters. The lowest BCUT2D eigenvalue weighted by atomic mass is 10.0. The summed E-state index contributed by atoms with van der Waals surface area (Å²) in [5.74, 6) is 6.21. The number of rotatable bonds is 4. The van der Waals surface area contributed by atoms with Crippen LogP contribution in [0.3, 0.4) is 0 Å². The van der Waals surface area contributed by atoms with Gasteiger partial charge in [0.15, 0.2) is 6.10 Å². The molecule has 2 aliphatic rings. The quantitative estimate of drug-likeness (QED) is 0.585. The van der Waals surface area contributed by atoms with E-state index in [4.69, 9.17) is 4.84 Å². The van der Waals surface area contributed by atoms with E-state index in [9.17, 15) is 9.18 Å². The molecule has 0 spiro atoms. The van der Waals surface area contributed by atoms with Gasteiger partial charge in [0, 0.05) is 17.5 Å². The molecule has 1 unspecified atom stereocenters. The van der Waals surface area contributed by atoms with Crippen LogP contribution in [0, 0.1) is 11.8 Å². The Morgan fingerprint density at radius 1 is 0.968 bits per heavy atom. The van der Waals surface area contributed by atoms with E-state index >= 15 is 0 Å². The van der Waals surface area contributed by atoms with Crippen LogP contribution in [0.25, 0.3) is 0 Å². The Morgan fingerprint density at radius 3 is 2.48 bits per heavy atom. The predicted octanol–water partition coefficient (Wildman–Crippen LogP) is 4.71. The van der Waals surface area contributed by atoms with E-state index in [2.05, 4.69) is 17.0 Å². The number of oxime groups is 1. The van der Waals surface area contributed by atoms with E-state index in [1.165, 1.54) is 0 Å². The third-order valence-electron chi connectivity index (χ3n) is 5.49. The van der Waals surface area contributed by atoms with Crippen LogP contribution in [-0.4, -0.2) is 24.3 Å². The van der Waals surface area contributed by atoms with Crippen LogP contribution in [0.4, 0.5) is 10.1 Å². The molecular weight excluding hydrogens is 391 g/mol. The summed E-state index contributed by atoms with van der Waals surface area (Å²) in [6.07, 6.45) is 0.279. The van der Waals surface area contributed by atoms with Crippen LogP contribution in [0.2, 0.25) is 0 Å². The molecule has 0 aliphatic carbocycles. The number of alkyl halides is 1. The summed E-state index contributed by atoms with van der Waals surface area (Å²) in [5, 5.41) is 4.23. The molecule has 3 aromatic carbocycles. The fourth-order valence-corrected chi connectivity index (χ4v) is 3.85. The van der Waals surface area contributed by atoms with Gasteiger partial charge in [-0.15, -0.1) is 0 Å². The van der Waals surface area contributed by atoms with E-state index in [1.54, 1.807) is 23.1 Å². The van der Waals surface area contributed by atoms with Crippen molar-refractivity contribution in [2.75, 3.05) is 11.4 Å². The van der Waals surface area contributed by atoms with E-state index in [0.717, 1.165) is 22.5 Å². The third kappa shape index (κ3) is 3.69. The summed E-state index contributed by atoms with van der Waals surface area (Å²) in [6, 6.07) is 22.2. The monoisotopic (exact) mass is 410 g/mol. The standard InChI is InChI=1S/C26H19FN2O2/c27-16-18-9-11-20(12-10-18)24-15-22(31-28-24)17-29-25-8-4-2-6-21(25)14-13-19-5-1-3-7-23(19)26(29)30/h1-12,22H,15-17H2. The first-order valence-corrected chi connectivity index (χ1v) is 10.1. The van der Waals surface area contributed by atoms with Gasteiger partial charge in [0.2, 0.25) is 0 Å². The van der Waals surface area contributed by atoms with E-state index in [-0.39, 0.29) is 12.0 Å². The van der Waals surface area contributed by atoms with Gasteiger partial charge in [0.25, 0.3) is 5.91 Å². The van der Waals surface area contributed by atoms with E-state index < -0.39 is 6.67 Å². The summed E-state index contributed by atoms with van der Waals surface area (Å²) in [4.78, 5) is 20.9. The zero-order chi connectivity index (χ0) is 21.2. The number of carbonyl (C=O) groups excluding carboxylic acids is 1. The van der Waals surface area contributed by atoms with Gasteiger partial charge in [-0.2, -0.15) is 0 Å². The number of para-hydroxylation sites is 1. The topological polar surface area (TPSA) is 41.9 Å². The average Bonchev–Trinajstić information content (AvgIpc) is 3.29. The number of carbonyl (C=O) groups is 1. The number of hydrogen-bond acceptors (Lipinski definition) is 3. The second-order valence-corrected chi connectivity index (χ2v) is 7.53. The number of benzene rings is 3. The van der Waals surface area contributed by atoms with Crippen LogP contribution in [0.1, 0.15) is 39.0 Å². The second-order valence-electron chi connectivity index (χ2n) is 7.53. The smallest absolute Gasteiger partial charge is 0.259 e. The number of nitrogens with zero attached hydrogens (tertiary/aromatic N) is 2. The molecule has 3 aromatic rings. The molecule has 2 aliphatic heterocycles. The second kappa shape index (κ2) is 8.08. The van der Waals surface area contributed by atoms with Crippen molar-refractivity contribution in [3.8, 4) is 11.8 Å². The molecule has 1 amide bonds. The molecule has 0 saturated carbocycles. The van der Waals surface area contributed by atoms with Gasteiger partial charge < -0.3 is 9.74 Å². The maximum Gasteiger partial charge on any atom is 0.259 e. The van der Waals surface area contributed by atoms with E-state index in [1.807, 2.05) is 54.6 Å². The summed E-state index contributed by atoms with van der Waals surface area (Å²) < 4.78 is 12.8. The van der Waals surface area contributed by atoms with Gasteiger partial charge in [0.05, 0.1) is 23.5 Å². The van der Waals surface area contributed by atoms with Crippen molar-refractivity contribution in [1.82, 2.24) is 0 Å². The minimum atomic E-state index is -0.493. The fraction of sp³-hybridized carbons (Fsp3) is 0.154. The molecule has 0 saturated heterocycles. The summed E-state index contributed by atoms with van der Waals surface area (Å²) in [5.41, 5.74) is 5.17. The fourth-order valence-electron chi connectivity index (χ4n) is 3.85. The Hall–Kier alpha value is -3.91. The Labute approximate surface area is 180 Å². The molecule has 31 heavy (non-hydrogen) atoms. The first-order valence-electron chi connectivity index (χ1n) is 10.1. The number of anilines is 1. The van der Waals surface area contributed by atoms with Crippen molar-refractivity contribution < 1.29 is 14.0 Å². The highest BCUT2D eigenvalue weighted by Gasteiger charge is 2.30. The molecule has 2 heterocycles. The lowest BCUT2D eigenvalue weighted by Gasteiger charge is -2.27. The summed E-state index contributed by atoms with van der Waals surface area (Å²) in [6.45, 7) is -0.145. The van der Waals surface area contributed by atoms with Gasteiger partial charge in [0.1, 0.15) is 6.67 Å². The number of halogens is 1. The normalized spacial score (nSPS) is 16.8. The van der Waals surface area contributed by atoms with Gasteiger partial charge in [-0.1, -0.05) is 65.5 Å². The Balaban J connectivity index is 1.42. The Morgan fingerprint density at radius 2 is 1.68 bits per heavy atom. The zero-order valence-electron chi connectivity index (χ0n) is 16.7. The lowest BCUT2D eigenvalue weighted by molar-refractivity contribution is 0.0817. The molecular formula is C26H19FN2O2. The lowest BCUT2D eigenvalue weighted by Crippen LogP contribution is -2.39. The first kappa shape index (κ1) is 19.1. The average molecular weight is 410 g/mol. The summed E-state index contributed by atoms with van der Waals surface area (Å²) in [7, 11) is 0. The van der Waals surface area contributed by atoms with Crippen molar-refractivity contribution in [1.29, 1.82) is 0 Å². The van der Waals surface area contributed by atoms with E-state index in [0.29, 0.717) is 29.7 Å². The highest BCUT2D eigenvalue weighted by Crippen LogP contribution is 2.27. The minimum absolute atomic E-state index is 0.110. The van der Waals surface area contributed by atoms with Crippen LogP contribution in [0.15, 0.2) is 78.0 Å². The van der Waals surface area contributed by atoms with Crippen molar-refractivity contribution in [3.63, 3.8) is 0 Å². The molecule has 0 fully saturated rings. The number of hydrogen-bond donors (Lipinski definition) is 0. The Kier molecular flexibility index (Phi) is 4.97. The van der Waals surface area contributed by atoms with Crippen LogP contribution in [-0.2, 0) is 11.5 Å². The van der Waals surface area contributed by atoms with Gasteiger partial charge >= 0.3 is 0 Å². The van der Waals surface area contributed by atoms with Crippen molar-refractivity contribution in [2.45, 2.75) is 19.2 Å². The SMILES string of the molecule is O=C1c2ccccc2C#Cc2ccccc2N1CC1CC(c2ccc(CF)cc2)=NO1. The van der Waals surface area contributed by atoms with Gasteiger partial charge in [-0.25, -0.2) is 4.39 Å². The molecule has 0 aromatic heterocycles. The highest BCUT2D eigenvalue weighted by atomic mass is 19.1. The maximum atomic E-state index is 13.5. The molecule has 0 radical (unpaired) electrons. The van der Waals surface area contributed by atoms with Crippen molar-refractivity contribution in [2.24, 2.45) is 5.16 Å². The van der Waals surface area contributed by atoms with Crippen LogP contribution >= 0.6 is 0 Å². The molecule has 5 heteroatoms. The minimum Gasteiger partial charge on any atom is -0.390 e. The first-order chi connectivity index (χ1) is 15.2. The van der Waals surface area contributed by atoms with Crippen molar-refractivity contribution in [3.05, 3.63) is 101 Å². The third-order valence-corrected chi connectivity index (χ3v) is 5.49. The molecule has 4 nitrogen and oxygen atoms in total. The van der Waals surface area contributed by atoms with Crippen LogP contribution < -0.4 is 4.90 Å². The number of amides is 1. The molecule has 0 bridgehead atoms. The Bertz CT molecular complexity index is 1240. The highest BCUT2D eigenvalue weighted by molar-refractivity contribution is 6.09. The van der Waals surface area contributed by atoms with Crippen molar-refractivity contribution >= 4 is 17.3 Å². The predicted molar refractivity (Wildman–Crippen MR) is 118 cm³/mol. The summed E-state index contributed by atoms with van der Waals surface area (Å²) >= 11 is 0. The largest absolute Gasteiger partial charge is 0.390 e. The molecule has 152 valence electrons.